The van der Waals surface area contributed by atoms with E-state index >= 15 is 0 Å². The first kappa shape index (κ1) is 21.9. The Kier molecular flexibility index (Phi) is 6.70. The third kappa shape index (κ3) is 5.40. The summed E-state index contributed by atoms with van der Waals surface area (Å²) >= 11 is 4.90. The van der Waals surface area contributed by atoms with Crippen LogP contribution in [0.2, 0.25) is 0 Å². The monoisotopic (exact) mass is 496 g/mol. The van der Waals surface area contributed by atoms with Crippen molar-refractivity contribution in [1.29, 1.82) is 0 Å². The van der Waals surface area contributed by atoms with Crippen LogP contribution in [0.25, 0.3) is 0 Å². The van der Waals surface area contributed by atoms with E-state index < -0.39 is 9.84 Å². The number of hydrogen-bond acceptors (Lipinski definition) is 5. The predicted octanol–water partition coefficient (Wildman–Crippen LogP) is 4.24. The number of benzene rings is 2. The molecule has 29 heavy (non-hydrogen) atoms. The molecule has 0 unspecified atom stereocenters. The van der Waals surface area contributed by atoms with E-state index in [0.717, 1.165) is 14.9 Å². The van der Waals surface area contributed by atoms with Gasteiger partial charge < -0.3 is 10.6 Å². The van der Waals surface area contributed by atoms with Crippen molar-refractivity contribution in [3.05, 3.63) is 46.4 Å². The molecule has 0 bridgehead atoms. The van der Waals surface area contributed by atoms with E-state index in [-0.39, 0.29) is 34.8 Å². The van der Waals surface area contributed by atoms with Gasteiger partial charge >= 0.3 is 0 Å². The number of hydrogen-bond donors (Lipinski definition) is 2. The molecular weight excluding hydrogens is 476 g/mol. The molecule has 154 valence electrons. The number of thioether (sulfide) groups is 1. The van der Waals surface area contributed by atoms with Crippen LogP contribution in [0.5, 0.6) is 0 Å². The highest BCUT2D eigenvalue weighted by Gasteiger charge is 2.23. The average Bonchev–Trinajstić information content (AvgIpc) is 2.80. The summed E-state index contributed by atoms with van der Waals surface area (Å²) in [5.41, 5.74) is 2.13. The Hall–Kier alpha value is -1.84. The number of halogens is 1. The summed E-state index contributed by atoms with van der Waals surface area (Å²) < 4.78 is 26.2. The smallest absolute Gasteiger partial charge is 0.228 e. The Bertz CT molecular complexity index is 1070. The highest BCUT2D eigenvalue weighted by Crippen LogP contribution is 2.34. The largest absolute Gasteiger partial charge is 0.325 e. The van der Waals surface area contributed by atoms with Gasteiger partial charge in [0.2, 0.25) is 11.8 Å². The predicted molar refractivity (Wildman–Crippen MR) is 119 cm³/mol. The molecule has 2 N–H and O–H groups in total. The second-order valence-corrected chi connectivity index (χ2v) is 11.0. The summed E-state index contributed by atoms with van der Waals surface area (Å²) in [6, 6.07) is 10.2. The van der Waals surface area contributed by atoms with Crippen LogP contribution in [0.15, 0.2) is 50.7 Å². The lowest BCUT2D eigenvalue weighted by Gasteiger charge is -2.11. The van der Waals surface area contributed by atoms with Crippen LogP contribution in [-0.4, -0.2) is 31.7 Å². The van der Waals surface area contributed by atoms with Crippen molar-refractivity contribution >= 4 is 60.7 Å². The fraction of sp³-hybridized carbons (Fsp3) is 0.300. The van der Waals surface area contributed by atoms with Gasteiger partial charge in [-0.25, -0.2) is 8.42 Å². The van der Waals surface area contributed by atoms with E-state index in [1.165, 1.54) is 23.9 Å². The lowest BCUT2D eigenvalue weighted by Crippen LogP contribution is -2.20. The molecule has 6 nitrogen and oxygen atoms in total. The topological polar surface area (TPSA) is 92.3 Å². The van der Waals surface area contributed by atoms with E-state index in [9.17, 15) is 18.0 Å². The zero-order chi connectivity index (χ0) is 21.2. The van der Waals surface area contributed by atoms with Crippen LogP contribution in [0.3, 0.4) is 0 Å². The van der Waals surface area contributed by atoms with Crippen LogP contribution in [0.1, 0.15) is 18.9 Å². The summed E-state index contributed by atoms with van der Waals surface area (Å²) in [6.45, 7) is 3.77. The zero-order valence-electron chi connectivity index (χ0n) is 16.0. The molecule has 2 amide bonds. The first-order chi connectivity index (χ1) is 13.7. The van der Waals surface area contributed by atoms with Gasteiger partial charge in [-0.05, 0) is 58.7 Å². The Morgan fingerprint density at radius 3 is 2.76 bits per heavy atom. The van der Waals surface area contributed by atoms with Gasteiger partial charge in [0.05, 0.1) is 22.0 Å². The lowest BCUT2D eigenvalue weighted by atomic mass is 10.2. The third-order valence-electron chi connectivity index (χ3n) is 4.50. The van der Waals surface area contributed by atoms with Crippen molar-refractivity contribution in [2.75, 3.05) is 22.1 Å². The minimum Gasteiger partial charge on any atom is -0.325 e. The van der Waals surface area contributed by atoms with Gasteiger partial charge in [0.1, 0.15) is 0 Å². The van der Waals surface area contributed by atoms with Crippen LogP contribution in [0.4, 0.5) is 11.4 Å². The standard InChI is InChI=1S/C20H21BrN2O4S2/c1-12-3-5-16(15(21)9-12)22-19(24)7-8-29(26,27)14-4-6-18-17(10-14)23-20(25)13(2)11-28-18/h3-6,9-10,13H,7-8,11H2,1-2H3,(H,22,24)(H,23,25)/t13-/m0/s1. The molecule has 1 aliphatic rings. The quantitative estimate of drug-likeness (QED) is 0.645. The zero-order valence-corrected chi connectivity index (χ0v) is 19.2. The minimum atomic E-state index is -3.67. The van der Waals surface area contributed by atoms with E-state index in [2.05, 4.69) is 26.6 Å². The van der Waals surface area contributed by atoms with Gasteiger partial charge in [0.15, 0.2) is 9.84 Å². The summed E-state index contributed by atoms with van der Waals surface area (Å²) in [6.07, 6.45) is -0.169. The summed E-state index contributed by atoms with van der Waals surface area (Å²) in [4.78, 5) is 25.2. The SMILES string of the molecule is Cc1ccc(NC(=O)CCS(=O)(=O)c2ccc3c(c2)NC(=O)[C@@H](C)CS3)c(Br)c1. The molecule has 0 fully saturated rings. The van der Waals surface area contributed by atoms with Crippen LogP contribution in [0, 0.1) is 12.8 Å². The molecule has 0 saturated carbocycles. The van der Waals surface area contributed by atoms with Gasteiger partial charge in [-0.2, -0.15) is 0 Å². The van der Waals surface area contributed by atoms with Gasteiger partial charge in [0, 0.05) is 27.5 Å². The number of carbonyl (C=O) groups excluding carboxylic acids is 2. The summed E-state index contributed by atoms with van der Waals surface area (Å²) in [5.74, 6) is -0.352. The highest BCUT2D eigenvalue weighted by molar-refractivity contribution is 9.10. The number of nitrogens with one attached hydrogen (secondary N) is 2. The molecular formula is C20H21BrN2O4S2. The Morgan fingerprint density at radius 2 is 2.03 bits per heavy atom. The van der Waals surface area contributed by atoms with E-state index in [1.807, 2.05) is 26.0 Å². The van der Waals surface area contributed by atoms with E-state index in [1.54, 1.807) is 12.1 Å². The van der Waals surface area contributed by atoms with Crippen molar-refractivity contribution in [3.63, 3.8) is 0 Å². The number of anilines is 2. The molecule has 1 aliphatic heterocycles. The molecule has 1 heterocycles. The third-order valence-corrected chi connectivity index (χ3v) is 8.20. The van der Waals surface area contributed by atoms with Crippen molar-refractivity contribution in [2.24, 2.45) is 5.92 Å². The molecule has 2 aromatic rings. The number of sulfone groups is 1. The average molecular weight is 497 g/mol. The van der Waals surface area contributed by atoms with Crippen LogP contribution < -0.4 is 10.6 Å². The van der Waals surface area contributed by atoms with E-state index in [4.69, 9.17) is 0 Å². The van der Waals surface area contributed by atoms with Gasteiger partial charge in [-0.1, -0.05) is 13.0 Å². The van der Waals surface area contributed by atoms with Crippen molar-refractivity contribution in [3.8, 4) is 0 Å². The number of rotatable bonds is 5. The Balaban J connectivity index is 1.69. The maximum Gasteiger partial charge on any atom is 0.228 e. The second-order valence-electron chi connectivity index (χ2n) is 6.96. The highest BCUT2D eigenvalue weighted by atomic mass is 79.9. The lowest BCUT2D eigenvalue weighted by molar-refractivity contribution is -0.118. The minimum absolute atomic E-state index is 0.0935. The van der Waals surface area contributed by atoms with Gasteiger partial charge in [0.25, 0.3) is 0 Å². The molecule has 0 radical (unpaired) electrons. The number of amides is 2. The molecule has 0 aliphatic carbocycles. The molecule has 0 spiro atoms. The normalized spacial score (nSPS) is 16.5. The van der Waals surface area contributed by atoms with Crippen molar-refractivity contribution in [1.82, 2.24) is 0 Å². The maximum absolute atomic E-state index is 12.7. The summed E-state index contributed by atoms with van der Waals surface area (Å²) in [7, 11) is -3.67. The number of carbonyl (C=O) groups is 2. The first-order valence-electron chi connectivity index (χ1n) is 9.02. The van der Waals surface area contributed by atoms with Crippen molar-refractivity contribution < 1.29 is 18.0 Å². The first-order valence-corrected chi connectivity index (χ1v) is 12.5. The molecule has 1 atom stereocenters. The Morgan fingerprint density at radius 1 is 1.28 bits per heavy atom. The number of aryl methyl sites for hydroxylation is 1. The number of fused-ring (bicyclic) bond motifs is 1. The summed E-state index contributed by atoms with van der Waals surface area (Å²) in [5, 5.41) is 5.50. The van der Waals surface area contributed by atoms with Crippen LogP contribution in [-0.2, 0) is 19.4 Å². The fourth-order valence-electron chi connectivity index (χ4n) is 2.75. The molecule has 9 heteroatoms. The second kappa shape index (κ2) is 8.89. The molecule has 0 aromatic heterocycles. The van der Waals surface area contributed by atoms with Crippen LogP contribution >= 0.6 is 27.7 Å². The molecule has 0 saturated heterocycles. The molecule has 2 aromatic carbocycles. The van der Waals surface area contributed by atoms with Crippen molar-refractivity contribution in [2.45, 2.75) is 30.1 Å². The molecule has 3 rings (SSSR count). The van der Waals surface area contributed by atoms with Gasteiger partial charge in [-0.15, -0.1) is 11.8 Å². The van der Waals surface area contributed by atoms with E-state index in [0.29, 0.717) is 17.1 Å². The van der Waals surface area contributed by atoms with Gasteiger partial charge in [-0.3, -0.25) is 9.59 Å². The maximum atomic E-state index is 12.7. The Labute approximate surface area is 182 Å². The fourth-order valence-corrected chi connectivity index (χ4v) is 5.62.